The first kappa shape index (κ1) is 14.8. The van der Waals surface area contributed by atoms with Gasteiger partial charge in [0.05, 0.1) is 12.8 Å². The average molecular weight is 288 g/mol. The number of amides is 1. The summed E-state index contributed by atoms with van der Waals surface area (Å²) in [6, 6.07) is 9.33. The van der Waals surface area contributed by atoms with Crippen molar-refractivity contribution in [2.45, 2.75) is 6.92 Å². The number of nitrogens with one attached hydrogen (secondary N) is 2. The molecule has 2 rings (SSSR count). The van der Waals surface area contributed by atoms with Crippen molar-refractivity contribution >= 4 is 17.3 Å². The third-order valence-corrected chi connectivity index (χ3v) is 3.17. The summed E-state index contributed by atoms with van der Waals surface area (Å²) in [6.07, 6.45) is 0. The zero-order valence-corrected chi connectivity index (χ0v) is 12.2. The highest BCUT2D eigenvalue weighted by molar-refractivity contribution is 6.05. The summed E-state index contributed by atoms with van der Waals surface area (Å²) in [4.78, 5) is 12.2. The predicted molar refractivity (Wildman–Crippen MR) is 81.6 cm³/mol. The molecule has 5 heteroatoms. The summed E-state index contributed by atoms with van der Waals surface area (Å²) in [6.45, 7) is 1.92. The molecule has 1 amide bonds. The third kappa shape index (κ3) is 3.31. The lowest BCUT2D eigenvalue weighted by atomic mass is 10.1. The molecule has 0 aliphatic rings. The van der Waals surface area contributed by atoms with Crippen molar-refractivity contribution in [2.75, 3.05) is 24.8 Å². The second-order valence-electron chi connectivity index (χ2n) is 4.58. The van der Waals surface area contributed by atoms with E-state index in [2.05, 4.69) is 10.6 Å². The number of methoxy groups -OCH3 is 1. The minimum Gasteiger partial charge on any atom is -0.494 e. The van der Waals surface area contributed by atoms with Gasteiger partial charge in [0.1, 0.15) is 11.6 Å². The predicted octanol–water partition coefficient (Wildman–Crippen LogP) is 3.44. The standard InChI is InChI=1S/C16H17FN2O2/c1-10-8-11(4-6-13(10)18-2)16(20)19-14-7-5-12(17)9-15(14)21-3/h4-9,18H,1-3H3,(H,19,20). The molecule has 0 aliphatic heterocycles. The fourth-order valence-corrected chi connectivity index (χ4v) is 2.05. The molecule has 4 nitrogen and oxygen atoms in total. The number of hydrogen-bond donors (Lipinski definition) is 2. The van der Waals surface area contributed by atoms with Gasteiger partial charge in [-0.2, -0.15) is 0 Å². The molecule has 110 valence electrons. The maximum absolute atomic E-state index is 13.1. The Hall–Kier alpha value is -2.56. The number of ether oxygens (including phenoxy) is 1. The molecule has 0 radical (unpaired) electrons. The van der Waals surface area contributed by atoms with Gasteiger partial charge < -0.3 is 15.4 Å². The number of aryl methyl sites for hydroxylation is 1. The van der Waals surface area contributed by atoms with Gasteiger partial charge in [0, 0.05) is 24.4 Å². The molecule has 2 aromatic carbocycles. The second kappa shape index (κ2) is 6.26. The zero-order chi connectivity index (χ0) is 15.4. The van der Waals surface area contributed by atoms with E-state index in [-0.39, 0.29) is 11.7 Å². The molecule has 0 aromatic heterocycles. The van der Waals surface area contributed by atoms with Crippen LogP contribution in [0, 0.1) is 12.7 Å². The molecular weight excluding hydrogens is 271 g/mol. The number of halogens is 1. The maximum Gasteiger partial charge on any atom is 0.255 e. The molecule has 0 fully saturated rings. The van der Waals surface area contributed by atoms with Gasteiger partial charge in [-0.3, -0.25) is 4.79 Å². The van der Waals surface area contributed by atoms with E-state index >= 15 is 0 Å². The van der Waals surface area contributed by atoms with Crippen molar-refractivity contribution in [1.82, 2.24) is 0 Å². The highest BCUT2D eigenvalue weighted by Gasteiger charge is 2.11. The highest BCUT2D eigenvalue weighted by Crippen LogP contribution is 2.26. The van der Waals surface area contributed by atoms with Crippen LogP contribution >= 0.6 is 0 Å². The topological polar surface area (TPSA) is 50.4 Å². The van der Waals surface area contributed by atoms with Crippen LogP contribution in [-0.4, -0.2) is 20.1 Å². The lowest BCUT2D eigenvalue weighted by Gasteiger charge is -2.11. The number of hydrogen-bond acceptors (Lipinski definition) is 3. The Morgan fingerprint density at radius 1 is 1.14 bits per heavy atom. The van der Waals surface area contributed by atoms with Crippen LogP contribution in [0.2, 0.25) is 0 Å². The first-order valence-electron chi connectivity index (χ1n) is 6.48. The summed E-state index contributed by atoms with van der Waals surface area (Å²) in [5, 5.41) is 5.76. The fraction of sp³-hybridized carbons (Fsp3) is 0.188. The van der Waals surface area contributed by atoms with E-state index in [0.29, 0.717) is 11.3 Å². The summed E-state index contributed by atoms with van der Waals surface area (Å²) in [7, 11) is 3.25. The van der Waals surface area contributed by atoms with Crippen molar-refractivity contribution in [2.24, 2.45) is 0 Å². The molecule has 2 aromatic rings. The van der Waals surface area contributed by atoms with Crippen molar-refractivity contribution < 1.29 is 13.9 Å². The molecule has 0 atom stereocenters. The first-order valence-corrected chi connectivity index (χ1v) is 6.48. The van der Waals surface area contributed by atoms with Gasteiger partial charge in [0.25, 0.3) is 5.91 Å². The van der Waals surface area contributed by atoms with Gasteiger partial charge in [-0.15, -0.1) is 0 Å². The summed E-state index contributed by atoms with van der Waals surface area (Å²) < 4.78 is 18.2. The van der Waals surface area contributed by atoms with Gasteiger partial charge in [-0.1, -0.05) is 0 Å². The minimum atomic E-state index is -0.418. The average Bonchev–Trinajstić information content (AvgIpc) is 2.48. The first-order chi connectivity index (χ1) is 10.0. The van der Waals surface area contributed by atoms with Crippen LogP contribution in [0.4, 0.5) is 15.8 Å². The zero-order valence-electron chi connectivity index (χ0n) is 12.2. The van der Waals surface area contributed by atoms with E-state index < -0.39 is 5.82 Å². The molecule has 0 unspecified atom stereocenters. The largest absolute Gasteiger partial charge is 0.494 e. The van der Waals surface area contributed by atoms with Crippen molar-refractivity contribution in [3.05, 3.63) is 53.3 Å². The van der Waals surface area contributed by atoms with Gasteiger partial charge in [0.2, 0.25) is 0 Å². The number of rotatable bonds is 4. The third-order valence-electron chi connectivity index (χ3n) is 3.17. The van der Waals surface area contributed by atoms with E-state index in [4.69, 9.17) is 4.74 Å². The van der Waals surface area contributed by atoms with E-state index in [1.807, 2.05) is 20.0 Å². The SMILES string of the molecule is CNc1ccc(C(=O)Nc2ccc(F)cc2OC)cc1C. The summed E-state index contributed by atoms with van der Waals surface area (Å²) in [5.41, 5.74) is 2.89. The Balaban J connectivity index is 2.24. The monoisotopic (exact) mass is 288 g/mol. The lowest BCUT2D eigenvalue weighted by Crippen LogP contribution is -2.13. The quantitative estimate of drug-likeness (QED) is 0.906. The van der Waals surface area contributed by atoms with E-state index in [1.54, 1.807) is 12.1 Å². The van der Waals surface area contributed by atoms with Crippen LogP contribution in [-0.2, 0) is 0 Å². The van der Waals surface area contributed by atoms with Gasteiger partial charge in [-0.05, 0) is 42.8 Å². The Morgan fingerprint density at radius 2 is 1.86 bits per heavy atom. The fourth-order valence-electron chi connectivity index (χ4n) is 2.05. The lowest BCUT2D eigenvalue weighted by molar-refractivity contribution is 0.102. The molecule has 0 saturated heterocycles. The molecular formula is C16H17FN2O2. The Morgan fingerprint density at radius 3 is 2.48 bits per heavy atom. The van der Waals surface area contributed by atoms with E-state index in [9.17, 15) is 9.18 Å². The normalized spacial score (nSPS) is 10.1. The Bertz CT molecular complexity index is 671. The number of anilines is 2. The summed E-state index contributed by atoms with van der Waals surface area (Å²) in [5.74, 6) is -0.406. The number of carbonyl (C=O) groups excluding carboxylic acids is 1. The van der Waals surface area contributed by atoms with Crippen LogP contribution in [0.3, 0.4) is 0 Å². The minimum absolute atomic E-state index is 0.273. The van der Waals surface area contributed by atoms with Gasteiger partial charge in [0.15, 0.2) is 0 Å². The second-order valence-corrected chi connectivity index (χ2v) is 4.58. The van der Waals surface area contributed by atoms with Crippen molar-refractivity contribution in [1.29, 1.82) is 0 Å². The molecule has 0 saturated carbocycles. The number of benzene rings is 2. The van der Waals surface area contributed by atoms with E-state index in [0.717, 1.165) is 11.3 Å². The molecule has 0 spiro atoms. The van der Waals surface area contributed by atoms with Crippen LogP contribution in [0.25, 0.3) is 0 Å². The highest BCUT2D eigenvalue weighted by atomic mass is 19.1. The Kier molecular flexibility index (Phi) is 4.42. The Labute approximate surface area is 122 Å². The number of carbonyl (C=O) groups is 1. The smallest absolute Gasteiger partial charge is 0.255 e. The van der Waals surface area contributed by atoms with Crippen LogP contribution in [0.1, 0.15) is 15.9 Å². The summed E-state index contributed by atoms with van der Waals surface area (Å²) >= 11 is 0. The van der Waals surface area contributed by atoms with Crippen LogP contribution in [0.5, 0.6) is 5.75 Å². The van der Waals surface area contributed by atoms with Gasteiger partial charge >= 0.3 is 0 Å². The molecule has 0 bridgehead atoms. The molecule has 0 aliphatic carbocycles. The van der Waals surface area contributed by atoms with Crippen LogP contribution in [0.15, 0.2) is 36.4 Å². The maximum atomic E-state index is 13.1. The molecule has 0 heterocycles. The van der Waals surface area contributed by atoms with Gasteiger partial charge in [-0.25, -0.2) is 4.39 Å². The van der Waals surface area contributed by atoms with Crippen molar-refractivity contribution in [3.8, 4) is 5.75 Å². The molecule has 2 N–H and O–H groups in total. The van der Waals surface area contributed by atoms with Crippen LogP contribution < -0.4 is 15.4 Å². The van der Waals surface area contributed by atoms with Crippen molar-refractivity contribution in [3.63, 3.8) is 0 Å². The van der Waals surface area contributed by atoms with E-state index in [1.165, 1.54) is 25.3 Å². The molecule has 21 heavy (non-hydrogen) atoms.